The number of carbonyl (C=O) groups excluding carboxylic acids is 1. The van der Waals surface area contributed by atoms with E-state index in [2.05, 4.69) is 20.3 Å². The Hall–Kier alpha value is -4.06. The monoisotopic (exact) mass is 424 g/mol. The Bertz CT molecular complexity index is 1250. The molecule has 0 bridgehead atoms. The molecule has 32 heavy (non-hydrogen) atoms. The van der Waals surface area contributed by atoms with E-state index in [1.807, 2.05) is 67.6 Å². The number of hydrogen-bond donors (Lipinski definition) is 2. The van der Waals surface area contributed by atoms with Gasteiger partial charge in [-0.1, -0.05) is 66.2 Å². The number of amides is 1. The summed E-state index contributed by atoms with van der Waals surface area (Å²) < 4.78 is 0. The van der Waals surface area contributed by atoms with Crippen molar-refractivity contribution in [1.29, 1.82) is 0 Å². The SMILES string of the molecule is Cc1cccc(CC(=O)NC(Cc2cc(=O)[nH]c(-c3ccccn3)n2)c2ccccc2)c1. The van der Waals surface area contributed by atoms with E-state index in [-0.39, 0.29) is 23.9 Å². The van der Waals surface area contributed by atoms with Crippen molar-refractivity contribution < 1.29 is 4.79 Å². The van der Waals surface area contributed by atoms with Crippen LogP contribution < -0.4 is 10.9 Å². The lowest BCUT2D eigenvalue weighted by Crippen LogP contribution is -2.31. The van der Waals surface area contributed by atoms with Crippen LogP contribution >= 0.6 is 0 Å². The molecule has 2 N–H and O–H groups in total. The minimum absolute atomic E-state index is 0.0840. The third-order valence-electron chi connectivity index (χ3n) is 5.10. The molecule has 6 heteroatoms. The van der Waals surface area contributed by atoms with Crippen molar-refractivity contribution in [2.45, 2.75) is 25.8 Å². The third-order valence-corrected chi connectivity index (χ3v) is 5.10. The standard InChI is InChI=1S/C26H24N4O2/c1-18-8-7-9-19(14-18)15-24(31)29-23(20-10-3-2-4-11-20)16-21-17-25(32)30-26(28-21)22-12-5-6-13-27-22/h2-14,17,23H,15-16H2,1H3,(H,29,31)(H,28,30,32). The predicted molar refractivity (Wildman–Crippen MR) is 124 cm³/mol. The number of nitrogens with zero attached hydrogens (tertiary/aromatic N) is 2. The van der Waals surface area contributed by atoms with Crippen LogP contribution in [0.15, 0.2) is 89.9 Å². The Labute approximate surface area is 186 Å². The van der Waals surface area contributed by atoms with Crippen molar-refractivity contribution in [3.8, 4) is 11.5 Å². The zero-order valence-electron chi connectivity index (χ0n) is 17.8. The van der Waals surface area contributed by atoms with Gasteiger partial charge in [0.1, 0.15) is 5.69 Å². The van der Waals surface area contributed by atoms with Crippen LogP contribution in [0.5, 0.6) is 0 Å². The molecule has 0 aliphatic rings. The zero-order chi connectivity index (χ0) is 22.3. The summed E-state index contributed by atoms with van der Waals surface area (Å²) in [6, 6.07) is 24.2. The van der Waals surface area contributed by atoms with Crippen LogP contribution in [0.2, 0.25) is 0 Å². The molecule has 2 aromatic heterocycles. The van der Waals surface area contributed by atoms with Gasteiger partial charge in [-0.05, 0) is 30.2 Å². The molecule has 0 aliphatic heterocycles. The maximum atomic E-state index is 12.8. The van der Waals surface area contributed by atoms with Gasteiger partial charge < -0.3 is 10.3 Å². The molecule has 4 aromatic rings. The van der Waals surface area contributed by atoms with Gasteiger partial charge in [0.2, 0.25) is 5.91 Å². The zero-order valence-corrected chi connectivity index (χ0v) is 17.8. The molecule has 160 valence electrons. The van der Waals surface area contributed by atoms with Gasteiger partial charge in [-0.2, -0.15) is 0 Å². The summed E-state index contributed by atoms with van der Waals surface area (Å²) in [5, 5.41) is 3.12. The number of nitrogens with one attached hydrogen (secondary N) is 2. The van der Waals surface area contributed by atoms with Gasteiger partial charge in [0.15, 0.2) is 5.82 Å². The molecule has 0 radical (unpaired) electrons. The third kappa shape index (κ3) is 5.55. The Balaban J connectivity index is 1.58. The van der Waals surface area contributed by atoms with Gasteiger partial charge in [-0.25, -0.2) is 4.98 Å². The highest BCUT2D eigenvalue weighted by atomic mass is 16.1. The summed E-state index contributed by atoms with van der Waals surface area (Å²) in [6.45, 7) is 2.01. The van der Waals surface area contributed by atoms with Crippen LogP contribution in [-0.2, 0) is 17.6 Å². The second-order valence-corrected chi connectivity index (χ2v) is 7.70. The lowest BCUT2D eigenvalue weighted by atomic mass is 10.0. The molecule has 0 fully saturated rings. The fraction of sp³-hybridized carbons (Fsp3) is 0.154. The molecule has 1 atom stereocenters. The van der Waals surface area contributed by atoms with Crippen molar-refractivity contribution >= 4 is 5.91 Å². The van der Waals surface area contributed by atoms with E-state index in [4.69, 9.17) is 0 Å². The van der Waals surface area contributed by atoms with E-state index in [1.165, 1.54) is 6.07 Å². The number of pyridine rings is 1. The van der Waals surface area contributed by atoms with Gasteiger partial charge in [-0.15, -0.1) is 0 Å². The summed E-state index contributed by atoms with van der Waals surface area (Å²) in [6.07, 6.45) is 2.32. The molecule has 1 unspecified atom stereocenters. The maximum Gasteiger partial charge on any atom is 0.251 e. The Morgan fingerprint density at radius 1 is 1.00 bits per heavy atom. The number of rotatable bonds is 7. The predicted octanol–water partition coefficient (Wildman–Crippen LogP) is 3.78. The average Bonchev–Trinajstić information content (AvgIpc) is 2.79. The molecule has 0 spiro atoms. The van der Waals surface area contributed by atoms with E-state index in [0.717, 1.165) is 16.7 Å². The van der Waals surface area contributed by atoms with E-state index in [0.29, 0.717) is 23.6 Å². The van der Waals surface area contributed by atoms with Crippen molar-refractivity contribution in [1.82, 2.24) is 20.3 Å². The number of H-pyrrole nitrogens is 1. The summed E-state index contributed by atoms with van der Waals surface area (Å²) in [4.78, 5) is 36.7. The Morgan fingerprint density at radius 3 is 2.56 bits per heavy atom. The first-order valence-corrected chi connectivity index (χ1v) is 10.5. The van der Waals surface area contributed by atoms with E-state index in [9.17, 15) is 9.59 Å². The van der Waals surface area contributed by atoms with Crippen molar-refractivity contribution in [3.63, 3.8) is 0 Å². The topological polar surface area (TPSA) is 87.7 Å². The number of aromatic nitrogens is 3. The average molecular weight is 425 g/mol. The quantitative estimate of drug-likeness (QED) is 0.473. The van der Waals surface area contributed by atoms with Crippen LogP contribution in [0.4, 0.5) is 0 Å². The molecule has 0 saturated carbocycles. The molecule has 4 rings (SSSR count). The molecule has 6 nitrogen and oxygen atoms in total. The number of benzene rings is 2. The number of hydrogen-bond acceptors (Lipinski definition) is 4. The highest BCUT2D eigenvalue weighted by molar-refractivity contribution is 5.79. The van der Waals surface area contributed by atoms with Gasteiger partial charge >= 0.3 is 0 Å². The summed E-state index contributed by atoms with van der Waals surface area (Å²) >= 11 is 0. The molecular formula is C26H24N4O2. The van der Waals surface area contributed by atoms with Gasteiger partial charge in [0.05, 0.1) is 18.2 Å². The van der Waals surface area contributed by atoms with Gasteiger partial charge in [-0.3, -0.25) is 14.6 Å². The minimum atomic E-state index is -0.320. The smallest absolute Gasteiger partial charge is 0.251 e. The van der Waals surface area contributed by atoms with Crippen LogP contribution in [-0.4, -0.2) is 20.9 Å². The normalized spacial score (nSPS) is 11.7. The van der Waals surface area contributed by atoms with Crippen molar-refractivity contribution in [2.24, 2.45) is 0 Å². The van der Waals surface area contributed by atoms with Gasteiger partial charge in [0.25, 0.3) is 5.56 Å². The first-order valence-electron chi connectivity index (χ1n) is 10.5. The largest absolute Gasteiger partial charge is 0.349 e. The molecule has 2 heterocycles. The first-order chi connectivity index (χ1) is 15.6. The van der Waals surface area contributed by atoms with Crippen molar-refractivity contribution in [3.05, 3.63) is 118 Å². The lowest BCUT2D eigenvalue weighted by Gasteiger charge is -2.19. The fourth-order valence-electron chi connectivity index (χ4n) is 3.64. The second kappa shape index (κ2) is 9.83. The number of carbonyl (C=O) groups is 1. The van der Waals surface area contributed by atoms with Gasteiger partial charge in [0, 0.05) is 18.7 Å². The van der Waals surface area contributed by atoms with Crippen LogP contribution in [0, 0.1) is 6.92 Å². The highest BCUT2D eigenvalue weighted by Crippen LogP contribution is 2.19. The molecular weight excluding hydrogens is 400 g/mol. The maximum absolute atomic E-state index is 12.8. The Kier molecular flexibility index (Phi) is 6.51. The highest BCUT2D eigenvalue weighted by Gasteiger charge is 2.17. The second-order valence-electron chi connectivity index (χ2n) is 7.70. The minimum Gasteiger partial charge on any atom is -0.349 e. The molecule has 2 aromatic carbocycles. The summed E-state index contributed by atoms with van der Waals surface area (Å²) in [5.74, 6) is 0.324. The van der Waals surface area contributed by atoms with Crippen molar-refractivity contribution in [2.75, 3.05) is 0 Å². The van der Waals surface area contributed by atoms with E-state index in [1.54, 1.807) is 18.3 Å². The molecule has 0 saturated heterocycles. The summed E-state index contributed by atoms with van der Waals surface area (Å²) in [7, 11) is 0. The number of aryl methyl sites for hydroxylation is 1. The lowest BCUT2D eigenvalue weighted by molar-refractivity contribution is -0.121. The van der Waals surface area contributed by atoms with E-state index < -0.39 is 0 Å². The molecule has 0 aliphatic carbocycles. The Morgan fingerprint density at radius 2 is 1.81 bits per heavy atom. The molecule has 1 amide bonds. The van der Waals surface area contributed by atoms with E-state index >= 15 is 0 Å². The van der Waals surface area contributed by atoms with Crippen LogP contribution in [0.3, 0.4) is 0 Å². The fourth-order valence-corrected chi connectivity index (χ4v) is 3.64. The first kappa shape index (κ1) is 21.2. The van der Waals surface area contributed by atoms with Crippen LogP contribution in [0.1, 0.15) is 28.4 Å². The summed E-state index contributed by atoms with van der Waals surface area (Å²) in [5.41, 5.74) is 3.94. The number of aromatic amines is 1. The van der Waals surface area contributed by atoms with Crippen LogP contribution in [0.25, 0.3) is 11.5 Å².